The van der Waals surface area contributed by atoms with Crippen LogP contribution in [0.4, 0.5) is 4.39 Å². The number of halogens is 1. The number of rotatable bonds is 2. The fraction of sp³-hybridized carbons (Fsp3) is 0.200. The number of benzene rings is 1. The highest BCUT2D eigenvalue weighted by molar-refractivity contribution is 6.01. The molecule has 3 heteroatoms. The van der Waals surface area contributed by atoms with E-state index in [9.17, 15) is 9.18 Å². The van der Waals surface area contributed by atoms with E-state index in [1.165, 1.54) is 18.2 Å². The van der Waals surface area contributed by atoms with Gasteiger partial charge >= 0.3 is 0 Å². The molecule has 0 fully saturated rings. The first-order valence-corrected chi connectivity index (χ1v) is 3.79. The van der Waals surface area contributed by atoms with Crippen LogP contribution in [0.15, 0.2) is 24.3 Å². The molecule has 0 aliphatic carbocycles. The molecule has 13 heavy (non-hydrogen) atoms. The number of nitrogens with zero attached hydrogens (tertiary/aromatic N) is 1. The quantitative estimate of drug-likeness (QED) is 0.648. The molecule has 1 rings (SSSR count). The highest BCUT2D eigenvalue weighted by atomic mass is 19.1. The van der Waals surface area contributed by atoms with Crippen molar-refractivity contribution in [3.8, 4) is 6.07 Å². The molecule has 0 heterocycles. The topological polar surface area (TPSA) is 40.9 Å². The molecular formula is C10H8FNO. The lowest BCUT2D eigenvalue weighted by molar-refractivity contribution is 0.0918. The predicted octanol–water partition coefficient (Wildman–Crippen LogP) is 2.04. The smallest absolute Gasteiger partial charge is 0.248 e. The van der Waals surface area contributed by atoms with Gasteiger partial charge in [0.25, 0.3) is 0 Å². The minimum absolute atomic E-state index is 0.236. The number of aryl methyl sites for hydroxylation is 1. The Morgan fingerprint density at radius 3 is 2.46 bits per heavy atom. The molecule has 0 amide bonds. The maximum Gasteiger partial charge on any atom is 0.248 e. The van der Waals surface area contributed by atoms with Gasteiger partial charge in [0.05, 0.1) is 0 Å². The number of carbonyl (C=O) groups is 1. The number of Topliss-reactive ketones (excluding diaryl/α,β-unsaturated/α-hetero) is 1. The number of alkyl halides is 1. The van der Waals surface area contributed by atoms with Crippen molar-refractivity contribution in [3.05, 3.63) is 35.4 Å². The number of carbonyl (C=O) groups excluding carboxylic acids is 1. The standard InChI is InChI=1S/C10H8FNO/c1-7-2-4-8(5-3-7)10(13)9(11)6-12/h2-5,9H,1H3/t9-/m0/s1. The average Bonchev–Trinajstić information content (AvgIpc) is 2.17. The van der Waals surface area contributed by atoms with Crippen molar-refractivity contribution in [2.24, 2.45) is 0 Å². The van der Waals surface area contributed by atoms with Crippen molar-refractivity contribution in [1.29, 1.82) is 5.26 Å². The van der Waals surface area contributed by atoms with E-state index in [2.05, 4.69) is 0 Å². The van der Waals surface area contributed by atoms with Crippen molar-refractivity contribution in [1.82, 2.24) is 0 Å². The van der Waals surface area contributed by atoms with Crippen molar-refractivity contribution < 1.29 is 9.18 Å². The molecule has 2 nitrogen and oxygen atoms in total. The van der Waals surface area contributed by atoms with Crippen LogP contribution in [0.5, 0.6) is 0 Å². The van der Waals surface area contributed by atoms with Gasteiger partial charge < -0.3 is 0 Å². The van der Waals surface area contributed by atoms with Crippen molar-refractivity contribution in [3.63, 3.8) is 0 Å². The third-order valence-electron chi connectivity index (χ3n) is 1.68. The van der Waals surface area contributed by atoms with Crippen molar-refractivity contribution >= 4 is 5.78 Å². The molecule has 0 aliphatic heterocycles. The Kier molecular flexibility index (Phi) is 2.76. The molecule has 1 aromatic rings. The van der Waals surface area contributed by atoms with Gasteiger partial charge in [0.15, 0.2) is 0 Å². The van der Waals surface area contributed by atoms with Crippen LogP contribution in [0, 0.1) is 18.3 Å². The van der Waals surface area contributed by atoms with Gasteiger partial charge in [0.1, 0.15) is 6.07 Å². The molecular weight excluding hydrogens is 169 g/mol. The van der Waals surface area contributed by atoms with Crippen LogP contribution in [-0.4, -0.2) is 12.0 Å². The minimum Gasteiger partial charge on any atom is -0.290 e. The van der Waals surface area contributed by atoms with Gasteiger partial charge in [0.2, 0.25) is 12.0 Å². The van der Waals surface area contributed by atoms with Crippen LogP contribution >= 0.6 is 0 Å². The molecule has 0 radical (unpaired) electrons. The summed E-state index contributed by atoms with van der Waals surface area (Å²) in [6, 6.07) is 7.70. The van der Waals surface area contributed by atoms with Crippen LogP contribution < -0.4 is 0 Å². The van der Waals surface area contributed by atoms with E-state index in [0.29, 0.717) is 0 Å². The average molecular weight is 177 g/mol. The zero-order valence-electron chi connectivity index (χ0n) is 7.12. The van der Waals surface area contributed by atoms with E-state index in [4.69, 9.17) is 5.26 Å². The van der Waals surface area contributed by atoms with E-state index in [1.54, 1.807) is 12.1 Å². The Bertz CT molecular complexity index is 350. The van der Waals surface area contributed by atoms with E-state index in [-0.39, 0.29) is 5.56 Å². The Labute approximate surface area is 75.6 Å². The third-order valence-corrected chi connectivity index (χ3v) is 1.68. The number of ketones is 1. The van der Waals surface area contributed by atoms with Gasteiger partial charge in [-0.1, -0.05) is 29.8 Å². The lowest BCUT2D eigenvalue weighted by Gasteiger charge is -1.99. The second kappa shape index (κ2) is 3.81. The van der Waals surface area contributed by atoms with Gasteiger partial charge in [-0.25, -0.2) is 4.39 Å². The van der Waals surface area contributed by atoms with Gasteiger partial charge in [-0.3, -0.25) is 4.79 Å². The zero-order chi connectivity index (χ0) is 9.84. The van der Waals surface area contributed by atoms with E-state index < -0.39 is 12.0 Å². The molecule has 0 N–H and O–H groups in total. The Morgan fingerprint density at radius 1 is 1.46 bits per heavy atom. The fourth-order valence-electron chi connectivity index (χ4n) is 0.923. The summed E-state index contributed by atoms with van der Waals surface area (Å²) in [4.78, 5) is 11.1. The van der Waals surface area contributed by atoms with Gasteiger partial charge in [0, 0.05) is 5.56 Å². The maximum atomic E-state index is 12.6. The van der Waals surface area contributed by atoms with Crippen LogP contribution in [0.25, 0.3) is 0 Å². The van der Waals surface area contributed by atoms with E-state index >= 15 is 0 Å². The summed E-state index contributed by atoms with van der Waals surface area (Å²) in [7, 11) is 0. The van der Waals surface area contributed by atoms with Crippen molar-refractivity contribution in [2.75, 3.05) is 0 Å². The molecule has 0 saturated heterocycles. The van der Waals surface area contributed by atoms with E-state index in [0.717, 1.165) is 5.56 Å². The summed E-state index contributed by atoms with van der Waals surface area (Å²) < 4.78 is 12.6. The van der Waals surface area contributed by atoms with Crippen molar-refractivity contribution in [2.45, 2.75) is 13.1 Å². The summed E-state index contributed by atoms with van der Waals surface area (Å²) in [5, 5.41) is 8.18. The third kappa shape index (κ3) is 2.12. The molecule has 1 atom stereocenters. The summed E-state index contributed by atoms with van der Waals surface area (Å²) in [6.45, 7) is 1.87. The zero-order valence-corrected chi connectivity index (χ0v) is 7.12. The van der Waals surface area contributed by atoms with E-state index in [1.807, 2.05) is 6.92 Å². The summed E-state index contributed by atoms with van der Waals surface area (Å²) in [5.74, 6) is -0.775. The summed E-state index contributed by atoms with van der Waals surface area (Å²) in [6.07, 6.45) is -2.05. The first-order chi connectivity index (χ1) is 6.15. The Balaban J connectivity index is 2.91. The highest BCUT2D eigenvalue weighted by Crippen LogP contribution is 2.07. The number of hydrogen-bond donors (Lipinski definition) is 0. The predicted molar refractivity (Wildman–Crippen MR) is 46.0 cm³/mol. The molecule has 0 aromatic heterocycles. The number of hydrogen-bond acceptors (Lipinski definition) is 2. The lowest BCUT2D eigenvalue weighted by Crippen LogP contribution is -2.13. The first-order valence-electron chi connectivity index (χ1n) is 3.79. The second-order valence-corrected chi connectivity index (χ2v) is 2.72. The molecule has 0 spiro atoms. The first kappa shape index (κ1) is 9.40. The Morgan fingerprint density at radius 2 is 2.00 bits per heavy atom. The van der Waals surface area contributed by atoms with Gasteiger partial charge in [-0.2, -0.15) is 5.26 Å². The molecule has 66 valence electrons. The molecule has 0 bridgehead atoms. The van der Waals surface area contributed by atoms with Gasteiger partial charge in [-0.05, 0) is 6.92 Å². The Hall–Kier alpha value is -1.69. The molecule has 0 saturated carbocycles. The normalized spacial score (nSPS) is 11.8. The fourth-order valence-corrected chi connectivity index (χ4v) is 0.923. The summed E-state index contributed by atoms with van der Waals surface area (Å²) in [5.41, 5.74) is 1.23. The largest absolute Gasteiger partial charge is 0.290 e. The minimum atomic E-state index is -2.05. The lowest BCUT2D eigenvalue weighted by atomic mass is 10.1. The molecule has 0 aliphatic rings. The van der Waals surface area contributed by atoms with Crippen LogP contribution in [0.3, 0.4) is 0 Å². The van der Waals surface area contributed by atoms with Crippen LogP contribution in [0.1, 0.15) is 15.9 Å². The number of nitriles is 1. The van der Waals surface area contributed by atoms with Crippen LogP contribution in [-0.2, 0) is 0 Å². The maximum absolute atomic E-state index is 12.6. The summed E-state index contributed by atoms with van der Waals surface area (Å²) >= 11 is 0. The van der Waals surface area contributed by atoms with Gasteiger partial charge in [-0.15, -0.1) is 0 Å². The molecule has 1 aromatic carbocycles. The molecule has 0 unspecified atom stereocenters. The highest BCUT2D eigenvalue weighted by Gasteiger charge is 2.17. The SMILES string of the molecule is Cc1ccc(C(=O)[C@@H](F)C#N)cc1. The second-order valence-electron chi connectivity index (χ2n) is 2.72. The van der Waals surface area contributed by atoms with Crippen LogP contribution in [0.2, 0.25) is 0 Å². The monoisotopic (exact) mass is 177 g/mol.